The zero-order chi connectivity index (χ0) is 92.3. The molecule has 0 amide bonds. The predicted molar refractivity (Wildman–Crippen MR) is 523 cm³/mol. The fourth-order valence-electron chi connectivity index (χ4n) is 14.8. The number of para-hydroxylation sites is 1. The van der Waals surface area contributed by atoms with Gasteiger partial charge in [0.25, 0.3) is 0 Å². The van der Waals surface area contributed by atoms with E-state index >= 15 is 0 Å². The maximum atomic E-state index is 11.2. The summed E-state index contributed by atoms with van der Waals surface area (Å²) in [6.07, 6.45) is 23.1. The monoisotopic (exact) mass is 1740 g/mol. The number of aromatic hydroxyl groups is 3. The van der Waals surface area contributed by atoms with Crippen LogP contribution in [0.1, 0.15) is 322 Å². The van der Waals surface area contributed by atoms with Crippen molar-refractivity contribution in [3.63, 3.8) is 0 Å². The number of hydrogen-bond acceptors (Lipinski definition) is 14. The summed E-state index contributed by atoms with van der Waals surface area (Å²) < 4.78 is 51.7. The Hall–Kier alpha value is -9.60. The van der Waals surface area contributed by atoms with E-state index in [4.69, 9.17) is 53.2 Å². The van der Waals surface area contributed by atoms with E-state index in [1.807, 2.05) is 106 Å². The van der Waals surface area contributed by atoms with Crippen molar-refractivity contribution in [2.24, 2.45) is 23.7 Å². The van der Waals surface area contributed by atoms with Crippen LogP contribution in [-0.2, 0) is 33.3 Å². The second-order valence-electron chi connectivity index (χ2n) is 35.1. The summed E-state index contributed by atoms with van der Waals surface area (Å²) in [6.45, 7) is 41.2. The number of carbonyl (C=O) groups excluding carboxylic acids is 2. The summed E-state index contributed by atoms with van der Waals surface area (Å²) in [5.41, 5.74) is 12.4. The molecule has 2 saturated carbocycles. The van der Waals surface area contributed by atoms with Gasteiger partial charge in [0.2, 0.25) is 12.4 Å². The first-order valence-corrected chi connectivity index (χ1v) is 48.0. The first-order chi connectivity index (χ1) is 61.3. The number of esters is 2. The van der Waals surface area contributed by atoms with Gasteiger partial charge >= 0.3 is 11.9 Å². The quantitative estimate of drug-likeness (QED) is 0.0190. The third-order valence-corrected chi connectivity index (χ3v) is 25.0. The van der Waals surface area contributed by atoms with Gasteiger partial charge in [-0.1, -0.05) is 327 Å². The highest BCUT2D eigenvalue weighted by Gasteiger charge is 2.31. The van der Waals surface area contributed by atoms with Crippen molar-refractivity contribution in [1.29, 1.82) is 0 Å². The molecule has 0 aromatic heterocycles. The van der Waals surface area contributed by atoms with E-state index in [0.29, 0.717) is 84.9 Å². The van der Waals surface area contributed by atoms with Gasteiger partial charge in [-0.25, -0.2) is 4.79 Å². The molecule has 1 aliphatic heterocycles. The zero-order valence-electron chi connectivity index (χ0n) is 80.5. The minimum absolute atomic E-state index is 0.145. The SMILES string of the molecule is CCC(C)C(=O)OC1CCOC1=O.CCC(C)c1ccc(O)cc1.CCC(C)c1ccc(O)cc1.CCC(C)c1ccc(O)cc1.CCC(C)c1ccc(OC(C)OCCC2CCCCC2)cc1.CCC(C)c1ccc(OC(C)OCCOc2c(-c3ccccc3)cccc2-c2ccccc2)cc1.CCC(C)c1ccc(OC(OCCC2CCCCC2)C(C)C)cc1. The number of hydrogen-bond donors (Lipinski definition) is 3. The maximum absolute atomic E-state index is 11.2. The van der Waals surface area contributed by atoms with Gasteiger partial charge < -0.3 is 58.0 Å². The standard InChI is InChI=1S/C32H34O3.C22H36O2.C20H32O2.3C10H14O.C9H14O4/c1-4-24(2)26-18-20-29(21-19-26)35-25(3)33-22-23-34-32-30(27-12-7-5-8-13-27)16-11-17-31(32)28-14-9-6-10-15-28;1-5-18(4)20-11-13-21(14-12-20)24-22(17(2)3)23-16-15-19-9-7-6-8-10-19;1-4-16(2)19-10-12-20(13-11-19)22-17(3)21-15-14-18-8-6-5-7-9-18;3*1-3-8(2)9-4-6-10(11)7-5-9;1-3-6(2)8(10)13-7-4-5-12-9(7)11/h5-21,24-25H,4,22-23H2,1-3H3;11-14,17-19,22H,5-10,15-16H2,1-4H3;10-13,16-18H,4-9,14-15H2,1-3H3;3*4-8,11H,3H2,1-2H3;6-7H,3-5H2,1-2H3. The van der Waals surface area contributed by atoms with Crippen molar-refractivity contribution in [2.75, 3.05) is 33.0 Å². The minimum atomic E-state index is -0.665. The van der Waals surface area contributed by atoms with E-state index in [1.165, 1.54) is 123 Å². The van der Waals surface area contributed by atoms with E-state index in [9.17, 15) is 9.59 Å². The van der Waals surface area contributed by atoms with Gasteiger partial charge in [0, 0.05) is 23.5 Å². The lowest BCUT2D eigenvalue weighted by atomic mass is 9.87. The molecule has 9 aromatic rings. The topological polar surface area (TPSA) is 178 Å². The summed E-state index contributed by atoms with van der Waals surface area (Å²) in [6, 6.07) is 74.5. The van der Waals surface area contributed by atoms with Crippen LogP contribution in [0.2, 0.25) is 0 Å². The Morgan fingerprint density at radius 3 is 0.992 bits per heavy atom. The number of cyclic esters (lactones) is 1. The van der Waals surface area contributed by atoms with Crippen LogP contribution in [0.3, 0.4) is 0 Å². The highest BCUT2D eigenvalue weighted by atomic mass is 16.7. The number of phenols is 3. The van der Waals surface area contributed by atoms with Crippen LogP contribution < -0.4 is 18.9 Å². The van der Waals surface area contributed by atoms with Crippen LogP contribution >= 0.6 is 0 Å². The molecular formula is C113H158O14. The summed E-state index contributed by atoms with van der Waals surface area (Å²) in [5.74, 6) is 9.27. The molecule has 1 saturated heterocycles. The van der Waals surface area contributed by atoms with Crippen LogP contribution in [-0.4, -0.2) is 85.3 Å². The second kappa shape index (κ2) is 60.2. The smallest absolute Gasteiger partial charge is 0.347 e. The molecule has 9 aromatic carbocycles. The van der Waals surface area contributed by atoms with Gasteiger partial charge in [-0.15, -0.1) is 0 Å². The first kappa shape index (κ1) is 106. The molecule has 0 radical (unpaired) electrons. The van der Waals surface area contributed by atoms with Gasteiger partial charge in [-0.05, 0) is 236 Å². The number of carbonyl (C=O) groups is 2. The number of phenolic OH excluding ortho intramolecular Hbond substituents is 3. The van der Waals surface area contributed by atoms with Crippen LogP contribution in [0.25, 0.3) is 22.3 Å². The number of benzene rings is 9. The number of rotatable bonds is 37. The lowest BCUT2D eigenvalue weighted by Gasteiger charge is -2.25. The molecule has 14 heteroatoms. The molecule has 3 aliphatic rings. The van der Waals surface area contributed by atoms with Crippen molar-refractivity contribution >= 4 is 11.9 Å². The van der Waals surface area contributed by atoms with Crippen molar-refractivity contribution in [3.8, 4) is 62.5 Å². The van der Waals surface area contributed by atoms with Gasteiger partial charge in [-0.2, -0.15) is 0 Å². The van der Waals surface area contributed by atoms with Crippen LogP contribution in [0.4, 0.5) is 0 Å². The van der Waals surface area contributed by atoms with E-state index < -0.39 is 12.1 Å². The Labute approximate surface area is 765 Å². The van der Waals surface area contributed by atoms with E-state index in [2.05, 4.69) is 205 Å². The highest BCUT2D eigenvalue weighted by molar-refractivity contribution is 5.83. The molecule has 11 atom stereocenters. The predicted octanol–water partition coefficient (Wildman–Crippen LogP) is 30.4. The first-order valence-electron chi connectivity index (χ1n) is 48.0. The molecule has 14 nitrogen and oxygen atoms in total. The van der Waals surface area contributed by atoms with Crippen molar-refractivity contribution in [3.05, 3.63) is 258 Å². The normalized spacial score (nSPS) is 16.1. The molecule has 2 aliphatic carbocycles. The molecule has 0 bridgehead atoms. The Morgan fingerprint density at radius 1 is 0.354 bits per heavy atom. The maximum Gasteiger partial charge on any atom is 0.347 e. The highest BCUT2D eigenvalue weighted by Crippen LogP contribution is 2.40. The van der Waals surface area contributed by atoms with E-state index in [1.54, 1.807) is 43.3 Å². The molecule has 3 fully saturated rings. The lowest BCUT2D eigenvalue weighted by Crippen LogP contribution is -2.27. The van der Waals surface area contributed by atoms with Gasteiger partial charge in [0.1, 0.15) is 46.9 Å². The molecule has 694 valence electrons. The summed E-state index contributed by atoms with van der Waals surface area (Å²) in [5, 5.41) is 27.0. The van der Waals surface area contributed by atoms with Crippen molar-refractivity contribution in [1.82, 2.24) is 0 Å². The molecule has 0 spiro atoms. The average Bonchev–Trinajstić information content (AvgIpc) is 1.78. The second-order valence-corrected chi connectivity index (χ2v) is 35.1. The Kier molecular flexibility index (Phi) is 50.4. The van der Waals surface area contributed by atoms with Crippen molar-refractivity contribution in [2.45, 2.75) is 314 Å². The molecule has 3 N–H and O–H groups in total. The van der Waals surface area contributed by atoms with Crippen molar-refractivity contribution < 1.29 is 67.5 Å². The van der Waals surface area contributed by atoms with Gasteiger partial charge in [0.05, 0.1) is 32.3 Å². The number of ether oxygens (including phenoxy) is 9. The third-order valence-electron chi connectivity index (χ3n) is 25.0. The molecule has 12 rings (SSSR count). The van der Waals surface area contributed by atoms with E-state index in [0.717, 1.165) is 102 Å². The largest absolute Gasteiger partial charge is 0.508 e. The molecule has 11 unspecified atom stereocenters. The molecule has 1 heterocycles. The summed E-state index contributed by atoms with van der Waals surface area (Å²) in [4.78, 5) is 22.2. The lowest BCUT2D eigenvalue weighted by molar-refractivity contribution is -0.162. The van der Waals surface area contributed by atoms with Gasteiger partial charge in [0.15, 0.2) is 12.6 Å². The minimum Gasteiger partial charge on any atom is -0.508 e. The Balaban J connectivity index is 0.000000240. The molecule has 127 heavy (non-hydrogen) atoms. The van der Waals surface area contributed by atoms with Crippen LogP contribution in [0, 0.1) is 23.7 Å². The third kappa shape index (κ3) is 39.9. The fourth-order valence-corrected chi connectivity index (χ4v) is 14.8. The molecular weight excluding hydrogens is 1580 g/mol. The Morgan fingerprint density at radius 2 is 0.677 bits per heavy atom. The average molecular weight is 1740 g/mol. The summed E-state index contributed by atoms with van der Waals surface area (Å²) in [7, 11) is 0. The zero-order valence-corrected chi connectivity index (χ0v) is 80.5. The summed E-state index contributed by atoms with van der Waals surface area (Å²) >= 11 is 0. The van der Waals surface area contributed by atoms with Crippen LogP contribution in [0.5, 0.6) is 40.2 Å². The van der Waals surface area contributed by atoms with Crippen LogP contribution in [0.15, 0.2) is 224 Å². The van der Waals surface area contributed by atoms with E-state index in [-0.39, 0.29) is 30.8 Å². The van der Waals surface area contributed by atoms with Gasteiger partial charge in [-0.3, -0.25) is 4.79 Å². The Bertz CT molecular complexity index is 4150. The fraction of sp³-hybridized carbons (Fsp3) is 0.504.